The van der Waals surface area contributed by atoms with Crippen molar-refractivity contribution >= 4 is 19.7 Å². The van der Waals surface area contributed by atoms with Crippen molar-refractivity contribution in [3.63, 3.8) is 0 Å². The van der Waals surface area contributed by atoms with Gasteiger partial charge in [-0.1, -0.05) is 313 Å². The van der Waals surface area contributed by atoms with Crippen molar-refractivity contribution < 1.29 is 37.3 Å². The van der Waals surface area contributed by atoms with Crippen LogP contribution in [0.3, 0.4) is 0 Å². The van der Waals surface area contributed by atoms with Crippen LogP contribution in [-0.4, -0.2) is 69.4 Å². The molecule has 0 aromatic rings. The second-order valence-electron chi connectivity index (χ2n) is 25.4. The molecule has 0 saturated carbocycles. The van der Waals surface area contributed by atoms with Crippen LogP contribution in [-0.2, 0) is 27.9 Å². The smallest absolute Gasteiger partial charge is 0.306 e. The highest BCUT2D eigenvalue weighted by atomic mass is 31.2. The van der Waals surface area contributed by atoms with Crippen LogP contribution in [0.15, 0.2) is 60.8 Å². The van der Waals surface area contributed by atoms with E-state index in [1.807, 2.05) is 33.3 Å². The summed E-state index contributed by atoms with van der Waals surface area (Å²) < 4.78 is 30.4. The van der Waals surface area contributed by atoms with Gasteiger partial charge in [0, 0.05) is 12.8 Å². The molecule has 0 aromatic carbocycles. The third kappa shape index (κ3) is 64.0. The topological polar surface area (TPSA) is 114 Å². The quantitative estimate of drug-likeness (QED) is 0.0212. The Bertz CT molecular complexity index is 1600. The number of nitrogens with one attached hydrogen (secondary N) is 1. The highest BCUT2D eigenvalue weighted by Crippen LogP contribution is 2.38. The molecule has 3 atom stereocenters. The van der Waals surface area contributed by atoms with E-state index < -0.39 is 26.6 Å². The average Bonchev–Trinajstić information content (AvgIpc) is 3.47. The van der Waals surface area contributed by atoms with Crippen LogP contribution in [0.1, 0.15) is 342 Å². The van der Waals surface area contributed by atoms with Gasteiger partial charge in [-0.05, 0) is 76.7 Å². The number of allylic oxidation sites excluding steroid dienone is 9. The Morgan fingerprint density at radius 1 is 0.422 bits per heavy atom. The number of hydrogen-bond acceptors (Lipinski definition) is 7. The van der Waals surface area contributed by atoms with Crippen LogP contribution in [0.2, 0.25) is 0 Å². The van der Waals surface area contributed by atoms with Crippen molar-refractivity contribution in [1.82, 2.24) is 5.32 Å². The van der Waals surface area contributed by atoms with Crippen LogP contribution in [0, 0.1) is 0 Å². The standard InChI is InChI=1S/C73H137N2O7P/c1-7-10-13-16-19-22-25-28-30-32-34-35-36-37-38-39-41-43-45-48-51-54-57-60-63-66-73(77)82-71(64-61-58-55-52-49-46-27-24-21-18-15-12-9-3)70(69-81-83(78,79)80-68-67-75(4,5)6)74-72(76)65-62-59-56-53-50-47-44-42-40-33-31-29-26-23-20-17-14-11-8-2/h20,23,29,31,40,42,47,50,61,64,70-71H,7-19,21-22,24-28,30,32-39,41,43-46,48-49,51-60,62-63,65-69H2,1-6H3,(H-,74,76,78,79)/b23-20-,31-29-,42-40-,50-47-,64-61-. The molecule has 9 nitrogen and oxygen atoms in total. The Morgan fingerprint density at radius 3 is 1.13 bits per heavy atom. The molecular weight excluding hydrogens is 1050 g/mol. The summed E-state index contributed by atoms with van der Waals surface area (Å²) in [6, 6.07) is -0.906. The fourth-order valence-electron chi connectivity index (χ4n) is 10.4. The third-order valence-corrected chi connectivity index (χ3v) is 16.9. The van der Waals surface area contributed by atoms with Gasteiger partial charge in [0.1, 0.15) is 19.3 Å². The summed E-state index contributed by atoms with van der Waals surface area (Å²) in [5.74, 6) is -0.563. The van der Waals surface area contributed by atoms with Crippen molar-refractivity contribution in [2.75, 3.05) is 40.9 Å². The molecule has 1 amide bonds. The second kappa shape index (κ2) is 62.8. The number of unbranched alkanes of at least 4 members (excludes halogenated alkanes) is 41. The Kier molecular flexibility index (Phi) is 61.0. The molecule has 0 rings (SSSR count). The number of phosphoric acid groups is 1. The molecule has 0 fully saturated rings. The number of ether oxygens (including phenoxy) is 1. The minimum atomic E-state index is -4.71. The summed E-state index contributed by atoms with van der Waals surface area (Å²) in [6.07, 6.45) is 80.6. The number of rotatable bonds is 65. The molecule has 0 radical (unpaired) electrons. The van der Waals surface area contributed by atoms with Crippen LogP contribution >= 0.6 is 7.82 Å². The van der Waals surface area contributed by atoms with Gasteiger partial charge >= 0.3 is 5.97 Å². The van der Waals surface area contributed by atoms with Gasteiger partial charge in [0.25, 0.3) is 7.82 Å². The maximum Gasteiger partial charge on any atom is 0.306 e. The molecule has 83 heavy (non-hydrogen) atoms. The molecule has 0 aliphatic heterocycles. The second-order valence-corrected chi connectivity index (χ2v) is 26.8. The fourth-order valence-corrected chi connectivity index (χ4v) is 11.2. The number of likely N-dealkylation sites (N-methyl/N-ethyl adjacent to an activating group) is 1. The maximum absolute atomic E-state index is 13.6. The summed E-state index contributed by atoms with van der Waals surface area (Å²) >= 11 is 0. The Morgan fingerprint density at radius 2 is 0.735 bits per heavy atom. The van der Waals surface area contributed by atoms with E-state index in [4.69, 9.17) is 13.8 Å². The summed E-state index contributed by atoms with van der Waals surface area (Å²) in [7, 11) is 1.17. The lowest BCUT2D eigenvalue weighted by molar-refractivity contribution is -0.870. The highest BCUT2D eigenvalue weighted by Gasteiger charge is 2.27. The minimum absolute atomic E-state index is 0.0285. The molecule has 0 aliphatic carbocycles. The van der Waals surface area contributed by atoms with E-state index in [9.17, 15) is 19.0 Å². The number of hydrogen-bond donors (Lipinski definition) is 1. The summed E-state index contributed by atoms with van der Waals surface area (Å²) in [5, 5.41) is 3.03. The van der Waals surface area contributed by atoms with Crippen molar-refractivity contribution in [1.29, 1.82) is 0 Å². The summed E-state index contributed by atoms with van der Waals surface area (Å²) in [5.41, 5.74) is 0. The fraction of sp³-hybridized carbons (Fsp3) is 0.836. The Hall–Kier alpha value is -2.29. The van der Waals surface area contributed by atoms with Crippen LogP contribution in [0.25, 0.3) is 0 Å². The van der Waals surface area contributed by atoms with Crippen LogP contribution in [0.4, 0.5) is 0 Å². The monoisotopic (exact) mass is 1190 g/mol. The van der Waals surface area contributed by atoms with Gasteiger partial charge in [0.15, 0.2) is 0 Å². The number of quaternary nitrogens is 1. The number of esters is 1. The maximum atomic E-state index is 13.6. The van der Waals surface area contributed by atoms with E-state index in [1.54, 1.807) is 0 Å². The number of carbonyl (C=O) groups is 2. The molecule has 0 aliphatic rings. The summed E-state index contributed by atoms with van der Waals surface area (Å²) in [6.45, 7) is 6.84. The number of amides is 1. The molecule has 0 saturated heterocycles. The van der Waals surface area contributed by atoms with Crippen molar-refractivity contribution in [2.24, 2.45) is 0 Å². The molecule has 3 unspecified atom stereocenters. The lowest BCUT2D eigenvalue weighted by atomic mass is 10.0. The molecular formula is C73H137N2O7P. The van der Waals surface area contributed by atoms with Gasteiger partial charge in [-0.15, -0.1) is 0 Å². The van der Waals surface area contributed by atoms with Gasteiger partial charge in [-0.25, -0.2) is 0 Å². The SMILES string of the molecule is CCCCC/C=C\C/C=C\C/C=C\C/C=C\CCCCCC(=O)NC(COP(=O)([O-])OCC[N+](C)(C)C)C(/C=C\CCCCCCCCCCCCC)OC(=O)CCCCCCCCCCCCCCCCCCCCCCCCCCC. The molecule has 486 valence electrons. The van der Waals surface area contributed by atoms with Gasteiger partial charge in [0.2, 0.25) is 5.91 Å². The van der Waals surface area contributed by atoms with E-state index in [0.717, 1.165) is 77.0 Å². The molecule has 0 aromatic heterocycles. The van der Waals surface area contributed by atoms with Gasteiger partial charge in [0.05, 0.1) is 33.8 Å². The highest BCUT2D eigenvalue weighted by molar-refractivity contribution is 7.45. The van der Waals surface area contributed by atoms with E-state index in [2.05, 4.69) is 74.7 Å². The van der Waals surface area contributed by atoms with E-state index in [-0.39, 0.29) is 31.3 Å². The normalized spacial score (nSPS) is 13.9. The zero-order valence-electron chi connectivity index (χ0n) is 55.7. The first-order chi connectivity index (χ1) is 40.4. The molecule has 0 bridgehead atoms. The van der Waals surface area contributed by atoms with E-state index >= 15 is 0 Å². The largest absolute Gasteiger partial charge is 0.756 e. The molecule has 0 heterocycles. The minimum Gasteiger partial charge on any atom is -0.756 e. The molecule has 10 heteroatoms. The van der Waals surface area contributed by atoms with Crippen molar-refractivity contribution in [3.05, 3.63) is 60.8 Å². The first-order valence-electron chi connectivity index (χ1n) is 35.6. The van der Waals surface area contributed by atoms with E-state index in [0.29, 0.717) is 17.4 Å². The van der Waals surface area contributed by atoms with Crippen LogP contribution < -0.4 is 10.2 Å². The Balaban J connectivity index is 5.12. The lowest BCUT2D eigenvalue weighted by Crippen LogP contribution is -2.47. The zero-order valence-corrected chi connectivity index (χ0v) is 56.6. The van der Waals surface area contributed by atoms with Gasteiger partial charge in [-0.2, -0.15) is 0 Å². The first kappa shape index (κ1) is 80.7. The number of phosphoric ester groups is 1. The first-order valence-corrected chi connectivity index (χ1v) is 37.1. The molecule has 1 N–H and O–H groups in total. The number of carbonyl (C=O) groups excluding carboxylic acids is 2. The predicted octanol–water partition coefficient (Wildman–Crippen LogP) is 21.9. The lowest BCUT2D eigenvalue weighted by Gasteiger charge is -2.30. The third-order valence-electron chi connectivity index (χ3n) is 16.0. The number of nitrogens with zero attached hydrogens (tertiary/aromatic N) is 1. The summed E-state index contributed by atoms with van der Waals surface area (Å²) in [4.78, 5) is 40.2. The van der Waals surface area contributed by atoms with Crippen LogP contribution in [0.5, 0.6) is 0 Å². The molecule has 0 spiro atoms. The van der Waals surface area contributed by atoms with Crippen molar-refractivity contribution in [3.8, 4) is 0 Å². The van der Waals surface area contributed by atoms with E-state index in [1.165, 1.54) is 225 Å². The predicted molar refractivity (Wildman–Crippen MR) is 358 cm³/mol. The Labute approximate surface area is 515 Å². The van der Waals surface area contributed by atoms with Crippen molar-refractivity contribution in [2.45, 2.75) is 354 Å². The van der Waals surface area contributed by atoms with Gasteiger partial charge < -0.3 is 28.5 Å². The van der Waals surface area contributed by atoms with Gasteiger partial charge in [-0.3, -0.25) is 14.2 Å². The average molecular weight is 1190 g/mol. The zero-order chi connectivity index (χ0) is 60.7.